The second-order valence-electron chi connectivity index (χ2n) is 9.90. The fourth-order valence-corrected chi connectivity index (χ4v) is 5.75. The molecule has 34 heavy (non-hydrogen) atoms. The van der Waals surface area contributed by atoms with Crippen molar-refractivity contribution in [2.24, 2.45) is 22.9 Å². The smallest absolute Gasteiger partial charge is 0.234 e. The third-order valence-corrected chi connectivity index (χ3v) is 7.30. The first kappa shape index (κ1) is 21.0. The van der Waals surface area contributed by atoms with Crippen LogP contribution in [0.3, 0.4) is 0 Å². The van der Waals surface area contributed by atoms with Gasteiger partial charge in [-0.25, -0.2) is 9.97 Å². The Morgan fingerprint density at radius 1 is 1.00 bits per heavy atom. The average molecular weight is 456 g/mol. The Kier molecular flexibility index (Phi) is 4.97. The largest absolute Gasteiger partial charge is 0.341 e. The Hall–Kier alpha value is -3.55. The fourth-order valence-electron chi connectivity index (χ4n) is 5.75. The van der Waals surface area contributed by atoms with Crippen molar-refractivity contribution >= 4 is 17.6 Å². The summed E-state index contributed by atoms with van der Waals surface area (Å²) in [7, 11) is 0. The number of carbonyl (C=O) groups excluding carboxylic acids is 1. The molecule has 2 unspecified atom stereocenters. The molecule has 2 fully saturated rings. The molecule has 4 atom stereocenters. The molecule has 6 rings (SSSR count). The van der Waals surface area contributed by atoms with E-state index >= 15 is 0 Å². The van der Waals surface area contributed by atoms with E-state index in [0.29, 0.717) is 11.8 Å². The van der Waals surface area contributed by atoms with Crippen LogP contribution in [-0.2, 0) is 4.79 Å². The van der Waals surface area contributed by atoms with Crippen molar-refractivity contribution in [1.82, 2.24) is 24.9 Å². The van der Waals surface area contributed by atoms with Crippen LogP contribution in [0.5, 0.6) is 0 Å². The zero-order valence-corrected chi connectivity index (χ0v) is 19.8. The molecule has 174 valence electrons. The minimum Gasteiger partial charge on any atom is -0.341 e. The molecular formula is C26H29N7O. The summed E-state index contributed by atoms with van der Waals surface area (Å²) in [5, 5.41) is 6.76. The third kappa shape index (κ3) is 3.57. The topological polar surface area (TPSA) is 77.8 Å². The predicted molar refractivity (Wildman–Crippen MR) is 130 cm³/mol. The minimum absolute atomic E-state index is 0.103. The van der Waals surface area contributed by atoms with Crippen LogP contribution in [-0.4, -0.2) is 68.7 Å². The van der Waals surface area contributed by atoms with Gasteiger partial charge in [-0.3, -0.25) is 14.8 Å². The van der Waals surface area contributed by atoms with E-state index in [9.17, 15) is 4.79 Å². The van der Waals surface area contributed by atoms with Crippen LogP contribution in [0.1, 0.15) is 24.0 Å². The lowest BCUT2D eigenvalue weighted by atomic mass is 9.90. The molecule has 8 heteroatoms. The van der Waals surface area contributed by atoms with Gasteiger partial charge in [0.15, 0.2) is 0 Å². The van der Waals surface area contributed by atoms with Gasteiger partial charge >= 0.3 is 0 Å². The van der Waals surface area contributed by atoms with Crippen molar-refractivity contribution in [1.29, 1.82) is 0 Å². The van der Waals surface area contributed by atoms with Crippen molar-refractivity contribution in [3.63, 3.8) is 0 Å². The van der Waals surface area contributed by atoms with Gasteiger partial charge < -0.3 is 9.80 Å². The van der Waals surface area contributed by atoms with Crippen molar-refractivity contribution in [2.75, 3.05) is 31.1 Å². The van der Waals surface area contributed by atoms with E-state index in [1.54, 1.807) is 6.20 Å². The number of fused-ring (bicyclic) bond motifs is 2. The number of amides is 1. The summed E-state index contributed by atoms with van der Waals surface area (Å²) >= 11 is 0. The number of allylic oxidation sites excluding steroid dienone is 2. The summed E-state index contributed by atoms with van der Waals surface area (Å²) in [5.41, 5.74) is 4.64. The molecule has 0 radical (unpaired) electrons. The minimum atomic E-state index is -0.354. The molecule has 4 aliphatic heterocycles. The molecule has 2 aromatic heterocycles. The van der Waals surface area contributed by atoms with Crippen molar-refractivity contribution < 1.29 is 4.79 Å². The van der Waals surface area contributed by atoms with Gasteiger partial charge in [-0.05, 0) is 44.5 Å². The van der Waals surface area contributed by atoms with E-state index in [1.165, 1.54) is 0 Å². The highest BCUT2D eigenvalue weighted by atomic mass is 16.2. The Morgan fingerprint density at radius 2 is 1.74 bits per heavy atom. The molecule has 0 aromatic carbocycles. The van der Waals surface area contributed by atoms with Crippen LogP contribution in [0, 0.1) is 31.6 Å². The zero-order valence-electron chi connectivity index (χ0n) is 19.8. The summed E-state index contributed by atoms with van der Waals surface area (Å²) in [4.78, 5) is 32.1. The summed E-state index contributed by atoms with van der Waals surface area (Å²) in [6.45, 7) is 9.38. The van der Waals surface area contributed by atoms with Crippen LogP contribution >= 0.6 is 0 Å². The summed E-state index contributed by atoms with van der Waals surface area (Å²) in [6.07, 6.45) is 7.96. The first-order valence-corrected chi connectivity index (χ1v) is 12.0. The third-order valence-electron chi connectivity index (χ3n) is 7.30. The Bertz CT molecular complexity index is 1190. The van der Waals surface area contributed by atoms with Crippen molar-refractivity contribution in [3.05, 3.63) is 71.5 Å². The van der Waals surface area contributed by atoms with E-state index in [0.717, 1.165) is 60.5 Å². The van der Waals surface area contributed by atoms with Gasteiger partial charge in [-0.2, -0.15) is 5.10 Å². The van der Waals surface area contributed by atoms with Gasteiger partial charge in [0.25, 0.3) is 0 Å². The summed E-state index contributed by atoms with van der Waals surface area (Å²) < 4.78 is 0. The predicted octanol–water partition coefficient (Wildman–Crippen LogP) is 2.56. The number of nitrogens with zero attached hydrogens (tertiary/aromatic N) is 7. The molecule has 2 saturated heterocycles. The number of hydrogen-bond donors (Lipinski definition) is 0. The molecule has 8 nitrogen and oxygen atoms in total. The van der Waals surface area contributed by atoms with E-state index in [-0.39, 0.29) is 17.9 Å². The number of aryl methyl sites for hydroxylation is 2. The second-order valence-corrected chi connectivity index (χ2v) is 9.90. The van der Waals surface area contributed by atoms with Crippen molar-refractivity contribution in [2.45, 2.75) is 26.8 Å². The maximum Gasteiger partial charge on any atom is 0.234 e. The lowest BCUT2D eigenvalue weighted by molar-refractivity contribution is -0.133. The molecule has 0 spiro atoms. The lowest BCUT2D eigenvalue weighted by Crippen LogP contribution is -2.45. The first-order valence-electron chi connectivity index (χ1n) is 12.0. The molecule has 0 bridgehead atoms. The van der Waals surface area contributed by atoms with E-state index in [4.69, 9.17) is 5.10 Å². The number of rotatable bonds is 3. The molecular weight excluding hydrogens is 426 g/mol. The maximum atomic E-state index is 13.9. The van der Waals surface area contributed by atoms with E-state index in [2.05, 4.69) is 36.9 Å². The van der Waals surface area contributed by atoms with Gasteiger partial charge in [0.05, 0.1) is 11.7 Å². The van der Waals surface area contributed by atoms with Crippen LogP contribution in [0.2, 0.25) is 0 Å². The number of hydrogen-bond acceptors (Lipinski definition) is 7. The molecule has 2 aromatic rings. The number of pyridine rings is 1. The number of aromatic nitrogens is 3. The molecule has 1 amide bonds. The standard InChI is InChI=1S/C26H29N7O/c1-16-7-8-22-23(24(30-33(22)11-16)21-6-4-5-9-27-21)25(34)31-12-19-14-32(15-20(19)13-31)26-28-17(2)10-18(3)29-26/h4-11,19-20,22-23H,12-15H2,1-3H3/t19-,20+,22?,23?. The van der Waals surface area contributed by atoms with Crippen LogP contribution < -0.4 is 4.90 Å². The monoisotopic (exact) mass is 455 g/mol. The van der Waals surface area contributed by atoms with Gasteiger partial charge in [0.2, 0.25) is 11.9 Å². The van der Waals surface area contributed by atoms with E-state index in [1.807, 2.05) is 56.2 Å². The number of carbonyl (C=O) groups is 1. The summed E-state index contributed by atoms with van der Waals surface area (Å²) in [6, 6.07) is 7.68. The Morgan fingerprint density at radius 3 is 2.41 bits per heavy atom. The second kappa shape index (κ2) is 8.04. The highest BCUT2D eigenvalue weighted by molar-refractivity contribution is 6.14. The average Bonchev–Trinajstić information content (AvgIpc) is 3.49. The molecule has 0 N–H and O–H groups in total. The molecule has 0 aliphatic carbocycles. The molecule has 0 saturated carbocycles. The van der Waals surface area contributed by atoms with Crippen LogP contribution in [0.25, 0.3) is 0 Å². The summed E-state index contributed by atoms with van der Waals surface area (Å²) in [5.74, 6) is 1.48. The number of anilines is 1. The van der Waals surface area contributed by atoms with Gasteiger partial charge in [0, 0.05) is 61.8 Å². The Balaban J connectivity index is 1.21. The highest BCUT2D eigenvalue weighted by Crippen LogP contribution is 2.37. The molecule has 4 aliphatic rings. The van der Waals surface area contributed by atoms with Crippen LogP contribution in [0.4, 0.5) is 5.95 Å². The van der Waals surface area contributed by atoms with Crippen LogP contribution in [0.15, 0.2) is 59.5 Å². The zero-order chi connectivity index (χ0) is 23.4. The van der Waals surface area contributed by atoms with Gasteiger partial charge in [-0.1, -0.05) is 18.2 Å². The lowest BCUT2D eigenvalue weighted by Gasteiger charge is -2.29. The van der Waals surface area contributed by atoms with E-state index < -0.39 is 0 Å². The number of likely N-dealkylation sites (tertiary alicyclic amines) is 1. The normalized spacial score (nSPS) is 27.6. The molecule has 6 heterocycles. The SMILES string of the molecule is CC1=CN2N=C(c3ccccn3)C(C(=O)N3C[C@@H]4CN(c5nc(C)cc(C)n5)C[C@@H]4C3)C2C=C1. The highest BCUT2D eigenvalue weighted by Gasteiger charge is 2.48. The van der Waals surface area contributed by atoms with Gasteiger partial charge in [0.1, 0.15) is 11.6 Å². The maximum absolute atomic E-state index is 13.9. The van der Waals surface area contributed by atoms with Gasteiger partial charge in [-0.15, -0.1) is 0 Å². The first-order chi connectivity index (χ1) is 16.5. The fraction of sp³-hybridized carbons (Fsp3) is 0.423. The Labute approximate surface area is 199 Å². The number of hydrazone groups is 1. The van der Waals surface area contributed by atoms with Crippen molar-refractivity contribution in [3.8, 4) is 0 Å². The quantitative estimate of drug-likeness (QED) is 0.708.